The average molecular weight is 313 g/mol. The van der Waals surface area contributed by atoms with Crippen molar-refractivity contribution >= 4 is 10.0 Å². The Bertz CT molecular complexity index is 648. The fourth-order valence-electron chi connectivity index (χ4n) is 1.70. The van der Waals surface area contributed by atoms with Crippen molar-refractivity contribution in [1.82, 2.24) is 24.6 Å². The first-order valence-corrected chi connectivity index (χ1v) is 8.00. The standard InChI is InChI=1S/C12H19N5O3S/c1-16(2)21(18,19)12-5-4-11(20-12)10-13-6-3-8-17-9-7-14-15-17/h4-5,7,9,13H,3,6,8,10H2,1-2H3. The van der Waals surface area contributed by atoms with Crippen LogP contribution in [0.15, 0.2) is 34.0 Å². The molecule has 0 saturated carbocycles. The fourth-order valence-corrected chi connectivity index (χ4v) is 2.51. The van der Waals surface area contributed by atoms with Crippen molar-refractivity contribution in [3.8, 4) is 0 Å². The lowest BCUT2D eigenvalue weighted by atomic mass is 10.4. The summed E-state index contributed by atoms with van der Waals surface area (Å²) < 4.78 is 31.9. The SMILES string of the molecule is CN(C)S(=O)(=O)c1ccc(CNCCCn2ccnn2)o1. The van der Waals surface area contributed by atoms with Crippen molar-refractivity contribution < 1.29 is 12.8 Å². The Morgan fingerprint density at radius 3 is 2.86 bits per heavy atom. The molecule has 9 heteroatoms. The molecule has 116 valence electrons. The highest BCUT2D eigenvalue weighted by Gasteiger charge is 2.21. The third-order valence-electron chi connectivity index (χ3n) is 2.88. The van der Waals surface area contributed by atoms with Gasteiger partial charge in [-0.25, -0.2) is 12.7 Å². The normalized spacial score (nSPS) is 12.1. The van der Waals surface area contributed by atoms with Crippen LogP contribution in [0.3, 0.4) is 0 Å². The molecule has 0 atom stereocenters. The molecule has 0 spiro atoms. The summed E-state index contributed by atoms with van der Waals surface area (Å²) in [4.78, 5) is 0. The van der Waals surface area contributed by atoms with Crippen molar-refractivity contribution in [2.75, 3.05) is 20.6 Å². The van der Waals surface area contributed by atoms with Gasteiger partial charge in [0.2, 0.25) is 5.09 Å². The molecule has 21 heavy (non-hydrogen) atoms. The molecule has 0 aliphatic rings. The molecule has 2 aromatic rings. The summed E-state index contributed by atoms with van der Waals surface area (Å²) in [6, 6.07) is 3.14. The number of nitrogens with one attached hydrogen (secondary N) is 1. The first kappa shape index (κ1) is 15.7. The number of sulfonamides is 1. The van der Waals surface area contributed by atoms with E-state index >= 15 is 0 Å². The van der Waals surface area contributed by atoms with Gasteiger partial charge in [-0.05, 0) is 25.1 Å². The van der Waals surface area contributed by atoms with Crippen LogP contribution in [-0.4, -0.2) is 48.4 Å². The third-order valence-corrected chi connectivity index (χ3v) is 4.57. The Morgan fingerprint density at radius 2 is 2.19 bits per heavy atom. The monoisotopic (exact) mass is 313 g/mol. The zero-order valence-electron chi connectivity index (χ0n) is 12.1. The Kier molecular flexibility index (Phi) is 5.10. The van der Waals surface area contributed by atoms with Gasteiger partial charge in [-0.2, -0.15) is 0 Å². The number of furan rings is 1. The summed E-state index contributed by atoms with van der Waals surface area (Å²) >= 11 is 0. The second-order valence-corrected chi connectivity index (χ2v) is 6.79. The minimum atomic E-state index is -3.50. The number of hydrogen-bond acceptors (Lipinski definition) is 6. The van der Waals surface area contributed by atoms with Crippen LogP contribution in [-0.2, 0) is 23.1 Å². The minimum absolute atomic E-state index is 0.0353. The minimum Gasteiger partial charge on any atom is -0.447 e. The Labute approximate surface area is 123 Å². The lowest BCUT2D eigenvalue weighted by Crippen LogP contribution is -2.21. The number of hydrogen-bond donors (Lipinski definition) is 1. The lowest BCUT2D eigenvalue weighted by molar-refractivity contribution is 0.387. The highest BCUT2D eigenvalue weighted by molar-refractivity contribution is 7.88. The molecule has 0 fully saturated rings. The van der Waals surface area contributed by atoms with E-state index in [-0.39, 0.29) is 5.09 Å². The van der Waals surface area contributed by atoms with Crippen molar-refractivity contribution in [2.24, 2.45) is 0 Å². The van der Waals surface area contributed by atoms with Gasteiger partial charge < -0.3 is 9.73 Å². The van der Waals surface area contributed by atoms with Crippen LogP contribution in [0.25, 0.3) is 0 Å². The van der Waals surface area contributed by atoms with E-state index in [2.05, 4.69) is 15.6 Å². The van der Waals surface area contributed by atoms with Gasteiger partial charge >= 0.3 is 0 Å². The molecule has 0 unspecified atom stereocenters. The predicted molar refractivity (Wildman–Crippen MR) is 75.9 cm³/mol. The van der Waals surface area contributed by atoms with Crippen LogP contribution in [0.1, 0.15) is 12.2 Å². The largest absolute Gasteiger partial charge is 0.447 e. The summed E-state index contributed by atoms with van der Waals surface area (Å²) in [5, 5.41) is 10.8. The van der Waals surface area contributed by atoms with Gasteiger partial charge in [0.15, 0.2) is 0 Å². The summed E-state index contributed by atoms with van der Waals surface area (Å²) in [5.74, 6) is 0.594. The third kappa shape index (κ3) is 4.13. The molecular formula is C12H19N5O3S. The van der Waals surface area contributed by atoms with E-state index in [1.807, 2.05) is 6.20 Å². The van der Waals surface area contributed by atoms with Gasteiger partial charge in [0.25, 0.3) is 10.0 Å². The summed E-state index contributed by atoms with van der Waals surface area (Å²) in [7, 11) is -0.556. The zero-order chi connectivity index (χ0) is 15.3. The van der Waals surface area contributed by atoms with Gasteiger partial charge in [0.05, 0.1) is 12.7 Å². The number of aromatic nitrogens is 3. The highest BCUT2D eigenvalue weighted by atomic mass is 32.2. The number of aryl methyl sites for hydroxylation is 1. The Morgan fingerprint density at radius 1 is 1.38 bits per heavy atom. The number of rotatable bonds is 8. The van der Waals surface area contributed by atoms with E-state index < -0.39 is 10.0 Å². The smallest absolute Gasteiger partial charge is 0.275 e. The van der Waals surface area contributed by atoms with E-state index in [4.69, 9.17) is 4.42 Å². The molecule has 0 amide bonds. The molecule has 0 bridgehead atoms. The molecule has 0 saturated heterocycles. The van der Waals surface area contributed by atoms with Crippen molar-refractivity contribution in [3.63, 3.8) is 0 Å². The fraction of sp³-hybridized carbons (Fsp3) is 0.500. The van der Waals surface area contributed by atoms with E-state index in [0.29, 0.717) is 12.3 Å². The molecule has 8 nitrogen and oxygen atoms in total. The van der Waals surface area contributed by atoms with Crippen LogP contribution in [0, 0.1) is 0 Å². The molecule has 0 radical (unpaired) electrons. The van der Waals surface area contributed by atoms with Crippen LogP contribution in [0.2, 0.25) is 0 Å². The Balaban J connectivity index is 1.76. The molecule has 2 heterocycles. The topological polar surface area (TPSA) is 93.3 Å². The second-order valence-electron chi connectivity index (χ2n) is 4.70. The molecule has 0 aromatic carbocycles. The summed E-state index contributed by atoms with van der Waals surface area (Å²) in [6.07, 6.45) is 4.35. The molecule has 2 aromatic heterocycles. The highest BCUT2D eigenvalue weighted by Crippen LogP contribution is 2.16. The van der Waals surface area contributed by atoms with Crippen LogP contribution < -0.4 is 5.32 Å². The quantitative estimate of drug-likeness (QED) is 0.705. The first-order valence-electron chi connectivity index (χ1n) is 6.56. The van der Waals surface area contributed by atoms with Crippen LogP contribution in [0.5, 0.6) is 0 Å². The van der Waals surface area contributed by atoms with Crippen LogP contribution >= 0.6 is 0 Å². The maximum absolute atomic E-state index is 11.8. The van der Waals surface area contributed by atoms with E-state index in [1.165, 1.54) is 20.2 Å². The van der Waals surface area contributed by atoms with Crippen molar-refractivity contribution in [3.05, 3.63) is 30.3 Å². The zero-order valence-corrected chi connectivity index (χ0v) is 12.9. The van der Waals surface area contributed by atoms with Gasteiger partial charge in [-0.15, -0.1) is 5.10 Å². The average Bonchev–Trinajstić information content (AvgIpc) is 3.09. The van der Waals surface area contributed by atoms with Crippen LogP contribution in [0.4, 0.5) is 0 Å². The maximum Gasteiger partial charge on any atom is 0.275 e. The van der Waals surface area contributed by atoms with E-state index in [1.54, 1.807) is 16.9 Å². The molecule has 2 rings (SSSR count). The predicted octanol–water partition coefficient (Wildman–Crippen LogP) is 0.301. The van der Waals surface area contributed by atoms with Gasteiger partial charge in [-0.1, -0.05) is 5.21 Å². The van der Waals surface area contributed by atoms with E-state index in [9.17, 15) is 8.42 Å². The molecular weight excluding hydrogens is 294 g/mol. The lowest BCUT2D eigenvalue weighted by Gasteiger charge is -2.08. The molecule has 0 aliphatic heterocycles. The number of nitrogens with zero attached hydrogens (tertiary/aromatic N) is 4. The maximum atomic E-state index is 11.8. The van der Waals surface area contributed by atoms with E-state index in [0.717, 1.165) is 23.8 Å². The van der Waals surface area contributed by atoms with Gasteiger partial charge in [-0.3, -0.25) is 4.68 Å². The molecule has 0 aliphatic carbocycles. The molecule has 1 N–H and O–H groups in total. The van der Waals surface area contributed by atoms with Gasteiger partial charge in [0, 0.05) is 26.8 Å². The summed E-state index contributed by atoms with van der Waals surface area (Å²) in [5.41, 5.74) is 0. The second kappa shape index (κ2) is 6.83. The first-order chi connectivity index (χ1) is 10.00. The summed E-state index contributed by atoms with van der Waals surface area (Å²) in [6.45, 7) is 2.04. The van der Waals surface area contributed by atoms with Crippen molar-refractivity contribution in [1.29, 1.82) is 0 Å². The van der Waals surface area contributed by atoms with Crippen molar-refractivity contribution in [2.45, 2.75) is 24.6 Å². The Hall–Kier alpha value is -1.71. The van der Waals surface area contributed by atoms with Gasteiger partial charge in [0.1, 0.15) is 5.76 Å².